The molecule has 4 rings (SSSR count). The second-order valence-electron chi connectivity index (χ2n) is 6.96. The van der Waals surface area contributed by atoms with Crippen molar-refractivity contribution in [1.29, 1.82) is 0 Å². The molecule has 3 aromatic rings. The van der Waals surface area contributed by atoms with E-state index >= 15 is 0 Å². The highest BCUT2D eigenvalue weighted by atomic mass is 19.4. The van der Waals surface area contributed by atoms with Crippen LogP contribution in [-0.2, 0) is 19.1 Å². The summed E-state index contributed by atoms with van der Waals surface area (Å²) in [5.74, 6) is -0.773. The minimum Gasteiger partial charge on any atom is -0.322 e. The molecule has 1 amide bonds. The first kappa shape index (κ1) is 19.2. The molecule has 1 aliphatic heterocycles. The lowest BCUT2D eigenvalue weighted by atomic mass is 9.94. The van der Waals surface area contributed by atoms with Gasteiger partial charge in [-0.25, -0.2) is 0 Å². The smallest absolute Gasteiger partial charge is 0.322 e. The summed E-state index contributed by atoms with van der Waals surface area (Å²) in [7, 11) is 0. The first-order valence-corrected chi connectivity index (χ1v) is 9.33. The molecule has 0 saturated heterocycles. The Bertz CT molecular complexity index is 1050. The lowest BCUT2D eigenvalue weighted by Gasteiger charge is -2.19. The van der Waals surface area contributed by atoms with Gasteiger partial charge in [-0.2, -0.15) is 13.2 Å². The van der Waals surface area contributed by atoms with Gasteiger partial charge in [0, 0.05) is 12.2 Å². The van der Waals surface area contributed by atoms with Crippen molar-refractivity contribution in [3.05, 3.63) is 89.0 Å². The molecule has 1 heterocycles. The summed E-state index contributed by atoms with van der Waals surface area (Å²) in [6.07, 6.45) is -3.83. The molecular weight excluding hydrogens is 377 g/mol. The van der Waals surface area contributed by atoms with Gasteiger partial charge in [-0.1, -0.05) is 48.5 Å². The Kier molecular flexibility index (Phi) is 5.11. The van der Waals surface area contributed by atoms with E-state index in [1.807, 2.05) is 12.1 Å². The molecule has 6 heteroatoms. The summed E-state index contributed by atoms with van der Waals surface area (Å²) in [6, 6.07) is 17.9. The van der Waals surface area contributed by atoms with E-state index in [2.05, 4.69) is 10.6 Å². The molecule has 0 aromatic heterocycles. The van der Waals surface area contributed by atoms with E-state index in [1.165, 1.54) is 12.1 Å². The van der Waals surface area contributed by atoms with Crippen LogP contribution < -0.4 is 10.6 Å². The van der Waals surface area contributed by atoms with Crippen molar-refractivity contribution >= 4 is 11.6 Å². The molecule has 0 aliphatic carbocycles. The van der Waals surface area contributed by atoms with E-state index in [0.717, 1.165) is 36.7 Å². The summed E-state index contributed by atoms with van der Waals surface area (Å²) in [5, 5.41) is 5.94. The fourth-order valence-electron chi connectivity index (χ4n) is 3.64. The number of halogens is 3. The molecule has 3 nitrogen and oxygen atoms in total. The molecule has 0 unspecified atom stereocenters. The molecular formula is C23H19F3N2O. The summed E-state index contributed by atoms with van der Waals surface area (Å²) in [6.45, 7) is 1.58. The largest absolute Gasteiger partial charge is 0.417 e. The number of anilines is 1. The molecule has 0 spiro atoms. The Morgan fingerprint density at radius 1 is 0.931 bits per heavy atom. The zero-order chi connectivity index (χ0) is 20.4. The van der Waals surface area contributed by atoms with Crippen LogP contribution in [0.2, 0.25) is 0 Å². The molecule has 0 fully saturated rings. The monoisotopic (exact) mass is 396 g/mol. The standard InChI is InChI=1S/C23H19F3N2O/c24-23(25,26)20-8-4-7-19(15-5-2-1-3-6-15)21(20)22(29)28-18-10-9-17-14-27-12-11-16(17)13-18/h1-10,13,27H,11-12,14H2,(H,28,29). The third-order valence-electron chi connectivity index (χ3n) is 5.03. The van der Waals surface area contributed by atoms with Gasteiger partial charge in [-0.3, -0.25) is 4.79 Å². The van der Waals surface area contributed by atoms with Gasteiger partial charge in [0.25, 0.3) is 5.91 Å². The minimum absolute atomic E-state index is 0.250. The Hall–Kier alpha value is -3.12. The number of hydrogen-bond donors (Lipinski definition) is 2. The number of carbonyl (C=O) groups is 1. The maximum atomic E-state index is 13.7. The van der Waals surface area contributed by atoms with Crippen molar-refractivity contribution < 1.29 is 18.0 Å². The first-order valence-electron chi connectivity index (χ1n) is 9.33. The van der Waals surface area contributed by atoms with E-state index in [0.29, 0.717) is 11.3 Å². The van der Waals surface area contributed by atoms with E-state index in [-0.39, 0.29) is 11.1 Å². The Morgan fingerprint density at radius 3 is 2.48 bits per heavy atom. The molecule has 0 saturated carbocycles. The summed E-state index contributed by atoms with van der Waals surface area (Å²) < 4.78 is 41.0. The van der Waals surface area contributed by atoms with Gasteiger partial charge in [-0.15, -0.1) is 0 Å². The van der Waals surface area contributed by atoms with Gasteiger partial charge < -0.3 is 10.6 Å². The SMILES string of the molecule is O=C(Nc1ccc2c(c1)CCNC2)c1c(-c2ccccc2)cccc1C(F)(F)F. The van der Waals surface area contributed by atoms with Crippen molar-refractivity contribution in [3.8, 4) is 11.1 Å². The quantitative estimate of drug-likeness (QED) is 0.633. The van der Waals surface area contributed by atoms with E-state index in [9.17, 15) is 18.0 Å². The maximum Gasteiger partial charge on any atom is 0.417 e. The average molecular weight is 396 g/mol. The number of rotatable bonds is 3. The fourth-order valence-corrected chi connectivity index (χ4v) is 3.64. The van der Waals surface area contributed by atoms with Crippen LogP contribution in [0.5, 0.6) is 0 Å². The number of carbonyl (C=O) groups excluding carboxylic acids is 1. The van der Waals surface area contributed by atoms with Crippen molar-refractivity contribution in [2.75, 3.05) is 11.9 Å². The number of nitrogens with one attached hydrogen (secondary N) is 2. The van der Waals surface area contributed by atoms with Gasteiger partial charge in [-0.05, 0) is 53.4 Å². The summed E-state index contributed by atoms with van der Waals surface area (Å²) >= 11 is 0. The van der Waals surface area contributed by atoms with Crippen LogP contribution in [-0.4, -0.2) is 12.5 Å². The third-order valence-corrected chi connectivity index (χ3v) is 5.03. The first-order chi connectivity index (χ1) is 13.9. The lowest BCUT2D eigenvalue weighted by molar-refractivity contribution is -0.137. The molecule has 0 bridgehead atoms. The second kappa shape index (κ2) is 7.72. The van der Waals surface area contributed by atoms with Crippen LogP contribution in [0.25, 0.3) is 11.1 Å². The molecule has 0 atom stereocenters. The highest BCUT2D eigenvalue weighted by Crippen LogP contribution is 2.37. The van der Waals surface area contributed by atoms with Crippen LogP contribution in [0.15, 0.2) is 66.7 Å². The number of benzene rings is 3. The van der Waals surface area contributed by atoms with Gasteiger partial charge in [0.15, 0.2) is 0 Å². The molecule has 0 radical (unpaired) electrons. The zero-order valence-electron chi connectivity index (χ0n) is 15.5. The van der Waals surface area contributed by atoms with Gasteiger partial charge in [0.05, 0.1) is 11.1 Å². The zero-order valence-corrected chi connectivity index (χ0v) is 15.5. The Balaban J connectivity index is 1.75. The van der Waals surface area contributed by atoms with Crippen LogP contribution >= 0.6 is 0 Å². The Morgan fingerprint density at radius 2 is 1.72 bits per heavy atom. The van der Waals surface area contributed by atoms with Crippen molar-refractivity contribution in [1.82, 2.24) is 5.32 Å². The maximum absolute atomic E-state index is 13.7. The lowest BCUT2D eigenvalue weighted by Crippen LogP contribution is -2.24. The summed E-state index contributed by atoms with van der Waals surface area (Å²) in [5.41, 5.74) is 2.21. The van der Waals surface area contributed by atoms with Gasteiger partial charge in [0.1, 0.15) is 0 Å². The fraction of sp³-hybridized carbons (Fsp3) is 0.174. The van der Waals surface area contributed by atoms with E-state index < -0.39 is 17.6 Å². The predicted molar refractivity (Wildman–Crippen MR) is 107 cm³/mol. The number of amides is 1. The van der Waals surface area contributed by atoms with Crippen molar-refractivity contribution in [2.45, 2.75) is 19.1 Å². The molecule has 29 heavy (non-hydrogen) atoms. The second-order valence-corrected chi connectivity index (χ2v) is 6.96. The number of fused-ring (bicyclic) bond motifs is 1. The highest BCUT2D eigenvalue weighted by molar-refractivity contribution is 6.10. The topological polar surface area (TPSA) is 41.1 Å². The van der Waals surface area contributed by atoms with Crippen LogP contribution in [0.4, 0.5) is 18.9 Å². The molecule has 148 valence electrons. The molecule has 3 aromatic carbocycles. The third kappa shape index (κ3) is 4.03. The van der Waals surface area contributed by atoms with Gasteiger partial charge >= 0.3 is 6.18 Å². The molecule has 1 aliphatic rings. The highest BCUT2D eigenvalue weighted by Gasteiger charge is 2.36. The van der Waals surface area contributed by atoms with E-state index in [1.54, 1.807) is 36.4 Å². The van der Waals surface area contributed by atoms with Crippen LogP contribution in [0.1, 0.15) is 27.0 Å². The van der Waals surface area contributed by atoms with Crippen LogP contribution in [0.3, 0.4) is 0 Å². The van der Waals surface area contributed by atoms with Crippen molar-refractivity contribution in [2.24, 2.45) is 0 Å². The number of alkyl halides is 3. The minimum atomic E-state index is -4.64. The Labute approximate surface area is 166 Å². The molecule has 2 N–H and O–H groups in total. The van der Waals surface area contributed by atoms with Crippen LogP contribution in [0, 0.1) is 0 Å². The van der Waals surface area contributed by atoms with E-state index in [4.69, 9.17) is 0 Å². The van der Waals surface area contributed by atoms with Gasteiger partial charge in [0.2, 0.25) is 0 Å². The average Bonchev–Trinajstić information content (AvgIpc) is 2.73. The predicted octanol–water partition coefficient (Wildman–Crippen LogP) is 5.27. The van der Waals surface area contributed by atoms with Crippen molar-refractivity contribution in [3.63, 3.8) is 0 Å². The number of hydrogen-bond acceptors (Lipinski definition) is 2. The normalized spacial score (nSPS) is 13.6. The summed E-state index contributed by atoms with van der Waals surface area (Å²) in [4.78, 5) is 13.0.